The summed E-state index contributed by atoms with van der Waals surface area (Å²) >= 11 is 1.63. The van der Waals surface area contributed by atoms with E-state index in [1.54, 1.807) is 11.8 Å². The number of aryl methyl sites for hydroxylation is 1. The van der Waals surface area contributed by atoms with E-state index < -0.39 is 6.10 Å². The molecular weight excluding hydrogens is 224 g/mol. The van der Waals surface area contributed by atoms with E-state index >= 15 is 0 Å². The van der Waals surface area contributed by atoms with Crippen LogP contribution in [0.2, 0.25) is 0 Å². The normalized spacial score (nSPS) is 15.9. The molecule has 1 aromatic rings. The summed E-state index contributed by atoms with van der Waals surface area (Å²) in [5.41, 5.74) is 1.98. The molecule has 1 unspecified atom stereocenters. The number of benzene rings is 1. The van der Waals surface area contributed by atoms with E-state index in [2.05, 4.69) is 0 Å². The zero-order valence-corrected chi connectivity index (χ0v) is 10.3. The van der Waals surface area contributed by atoms with Crippen LogP contribution in [0.4, 0.5) is 0 Å². The molecule has 1 aliphatic heterocycles. The number of hydrogen-bond acceptors (Lipinski definition) is 4. The molecule has 1 aromatic carbocycles. The molecule has 88 valence electrons. The highest BCUT2D eigenvalue weighted by molar-refractivity contribution is 7.98. The number of thioether (sulfide) groups is 1. The van der Waals surface area contributed by atoms with Gasteiger partial charge in [-0.25, -0.2) is 0 Å². The molecule has 1 heterocycles. The lowest BCUT2D eigenvalue weighted by atomic mass is 10.0. The first kappa shape index (κ1) is 11.6. The molecule has 16 heavy (non-hydrogen) atoms. The summed E-state index contributed by atoms with van der Waals surface area (Å²) in [4.78, 5) is 0. The highest BCUT2D eigenvalue weighted by Gasteiger charge is 2.17. The van der Waals surface area contributed by atoms with Crippen LogP contribution in [0.25, 0.3) is 0 Å². The largest absolute Gasteiger partial charge is 0.486 e. The molecule has 1 aliphatic rings. The molecule has 0 fully saturated rings. The highest BCUT2D eigenvalue weighted by Crippen LogP contribution is 2.35. The van der Waals surface area contributed by atoms with E-state index in [-0.39, 0.29) is 0 Å². The first-order valence-corrected chi connectivity index (χ1v) is 6.69. The molecule has 1 N–H and O–H groups in total. The minimum absolute atomic E-state index is 0.439. The zero-order chi connectivity index (χ0) is 11.5. The van der Waals surface area contributed by atoms with Gasteiger partial charge in [-0.2, -0.15) is 11.8 Å². The summed E-state index contributed by atoms with van der Waals surface area (Å²) in [6.45, 7) is 3.16. The Morgan fingerprint density at radius 3 is 2.56 bits per heavy atom. The van der Waals surface area contributed by atoms with Gasteiger partial charge < -0.3 is 14.6 Å². The monoisotopic (exact) mass is 240 g/mol. The van der Waals surface area contributed by atoms with E-state index in [0.29, 0.717) is 19.0 Å². The summed E-state index contributed by atoms with van der Waals surface area (Å²) in [5.74, 6) is 2.22. The van der Waals surface area contributed by atoms with Crippen LogP contribution in [-0.2, 0) is 0 Å². The third kappa shape index (κ3) is 2.28. The lowest BCUT2D eigenvalue weighted by Crippen LogP contribution is -2.16. The van der Waals surface area contributed by atoms with Crippen molar-refractivity contribution in [3.05, 3.63) is 23.3 Å². The molecular formula is C12H16O3S. The van der Waals surface area contributed by atoms with Crippen LogP contribution in [0.3, 0.4) is 0 Å². The standard InChI is InChI=1S/C12H16O3S/c1-8-5-11-12(15-4-3-14-11)6-9(8)10(13)7-16-2/h5-6,10,13H,3-4,7H2,1-2H3. The average molecular weight is 240 g/mol. The predicted molar refractivity (Wildman–Crippen MR) is 65.5 cm³/mol. The van der Waals surface area contributed by atoms with Crippen LogP contribution in [0.1, 0.15) is 17.2 Å². The van der Waals surface area contributed by atoms with Gasteiger partial charge in [0.2, 0.25) is 0 Å². The van der Waals surface area contributed by atoms with Crippen LogP contribution in [0.15, 0.2) is 12.1 Å². The molecule has 0 aliphatic carbocycles. The minimum atomic E-state index is -0.439. The van der Waals surface area contributed by atoms with Crippen LogP contribution in [0.5, 0.6) is 11.5 Å². The van der Waals surface area contributed by atoms with E-state index in [1.165, 1.54) is 0 Å². The Bertz CT molecular complexity index is 379. The van der Waals surface area contributed by atoms with Gasteiger partial charge in [0.25, 0.3) is 0 Å². The fourth-order valence-corrected chi connectivity index (χ4v) is 2.31. The average Bonchev–Trinajstić information content (AvgIpc) is 2.28. The van der Waals surface area contributed by atoms with E-state index in [0.717, 1.165) is 22.6 Å². The molecule has 0 spiro atoms. The number of hydrogen-bond donors (Lipinski definition) is 1. The molecule has 2 rings (SSSR count). The summed E-state index contributed by atoms with van der Waals surface area (Å²) in [6, 6.07) is 3.83. The first-order chi connectivity index (χ1) is 7.72. The smallest absolute Gasteiger partial charge is 0.161 e. The summed E-state index contributed by atoms with van der Waals surface area (Å²) in [5, 5.41) is 9.99. The topological polar surface area (TPSA) is 38.7 Å². The Morgan fingerprint density at radius 2 is 1.94 bits per heavy atom. The Labute approximate surface area is 99.8 Å². The molecule has 0 bridgehead atoms. The van der Waals surface area contributed by atoms with Gasteiger partial charge in [-0.3, -0.25) is 0 Å². The van der Waals surface area contributed by atoms with Crippen molar-refractivity contribution in [2.45, 2.75) is 13.0 Å². The lowest BCUT2D eigenvalue weighted by Gasteiger charge is -2.21. The third-order valence-corrected chi connectivity index (χ3v) is 3.26. The van der Waals surface area contributed by atoms with Crippen LogP contribution in [0, 0.1) is 6.92 Å². The van der Waals surface area contributed by atoms with Crippen LogP contribution in [-0.4, -0.2) is 30.3 Å². The second-order valence-corrected chi connectivity index (χ2v) is 4.73. The maximum atomic E-state index is 9.99. The van der Waals surface area contributed by atoms with Crippen LogP contribution >= 0.6 is 11.8 Å². The summed E-state index contributed by atoms with van der Waals surface area (Å²) in [6.07, 6.45) is 1.54. The zero-order valence-electron chi connectivity index (χ0n) is 9.53. The number of rotatable bonds is 3. The fraction of sp³-hybridized carbons (Fsp3) is 0.500. The third-order valence-electron chi connectivity index (χ3n) is 2.61. The lowest BCUT2D eigenvalue weighted by molar-refractivity contribution is 0.168. The molecule has 0 radical (unpaired) electrons. The molecule has 4 heteroatoms. The van der Waals surface area contributed by atoms with Gasteiger partial charge in [0, 0.05) is 5.75 Å². The Balaban J connectivity index is 2.31. The second kappa shape index (κ2) is 4.97. The van der Waals surface area contributed by atoms with Crippen molar-refractivity contribution in [3.63, 3.8) is 0 Å². The van der Waals surface area contributed by atoms with Gasteiger partial charge in [-0.05, 0) is 36.4 Å². The molecule has 3 nitrogen and oxygen atoms in total. The Kier molecular flexibility index (Phi) is 3.61. The highest BCUT2D eigenvalue weighted by atomic mass is 32.2. The van der Waals surface area contributed by atoms with Crippen molar-refractivity contribution in [3.8, 4) is 11.5 Å². The number of aliphatic hydroxyl groups excluding tert-OH is 1. The van der Waals surface area contributed by atoms with E-state index in [9.17, 15) is 5.11 Å². The predicted octanol–water partition coefficient (Wildman–Crippen LogP) is 2.16. The number of fused-ring (bicyclic) bond motifs is 1. The van der Waals surface area contributed by atoms with Gasteiger partial charge in [-0.15, -0.1) is 0 Å². The number of ether oxygens (including phenoxy) is 2. The molecule has 1 atom stereocenters. The van der Waals surface area contributed by atoms with Crippen molar-refractivity contribution in [2.75, 3.05) is 25.2 Å². The van der Waals surface area contributed by atoms with Crippen molar-refractivity contribution < 1.29 is 14.6 Å². The molecule has 0 amide bonds. The Morgan fingerprint density at radius 1 is 1.31 bits per heavy atom. The number of aliphatic hydroxyl groups is 1. The van der Waals surface area contributed by atoms with Crippen molar-refractivity contribution in [1.82, 2.24) is 0 Å². The van der Waals surface area contributed by atoms with Gasteiger partial charge >= 0.3 is 0 Å². The fourth-order valence-electron chi connectivity index (χ4n) is 1.81. The van der Waals surface area contributed by atoms with Gasteiger partial charge in [-0.1, -0.05) is 0 Å². The van der Waals surface area contributed by atoms with Crippen molar-refractivity contribution in [1.29, 1.82) is 0 Å². The molecule has 0 saturated carbocycles. The van der Waals surface area contributed by atoms with Gasteiger partial charge in [0.1, 0.15) is 13.2 Å². The first-order valence-electron chi connectivity index (χ1n) is 5.29. The van der Waals surface area contributed by atoms with Gasteiger partial charge in [0.15, 0.2) is 11.5 Å². The van der Waals surface area contributed by atoms with E-state index in [4.69, 9.17) is 9.47 Å². The quantitative estimate of drug-likeness (QED) is 0.878. The summed E-state index contributed by atoms with van der Waals surface area (Å²) in [7, 11) is 0. The summed E-state index contributed by atoms with van der Waals surface area (Å²) < 4.78 is 11.0. The second-order valence-electron chi connectivity index (χ2n) is 3.82. The minimum Gasteiger partial charge on any atom is -0.486 e. The van der Waals surface area contributed by atoms with Gasteiger partial charge in [0.05, 0.1) is 6.10 Å². The molecule has 0 aromatic heterocycles. The SMILES string of the molecule is CSCC(O)c1cc2c(cc1C)OCCO2. The maximum Gasteiger partial charge on any atom is 0.161 e. The maximum absolute atomic E-state index is 9.99. The Hall–Kier alpha value is -0.870. The van der Waals surface area contributed by atoms with E-state index in [1.807, 2.05) is 25.3 Å². The van der Waals surface area contributed by atoms with Crippen molar-refractivity contribution >= 4 is 11.8 Å². The molecule has 0 saturated heterocycles. The van der Waals surface area contributed by atoms with Crippen LogP contribution < -0.4 is 9.47 Å². The van der Waals surface area contributed by atoms with Crippen molar-refractivity contribution in [2.24, 2.45) is 0 Å².